The summed E-state index contributed by atoms with van der Waals surface area (Å²) in [5.41, 5.74) is 5.45. The molecule has 0 radical (unpaired) electrons. The van der Waals surface area contributed by atoms with E-state index in [9.17, 15) is 24.7 Å². The molecular weight excluding hydrogens is 522 g/mol. The number of anilines is 1. The molecule has 2 amide bonds. The van der Waals surface area contributed by atoms with Crippen LogP contribution in [0.15, 0.2) is 20.0 Å². The predicted octanol–water partition coefficient (Wildman–Crippen LogP) is 1.21. The zero-order chi connectivity index (χ0) is 23.2. The molecule has 0 spiro atoms. The second-order valence-electron chi connectivity index (χ2n) is 6.31. The van der Waals surface area contributed by atoms with Gasteiger partial charge in [0.2, 0.25) is 0 Å². The lowest BCUT2D eigenvalue weighted by molar-refractivity contribution is -0.150. The number of β-lactam (4-membered cyclic amide) rings is 1. The molecule has 17 heteroatoms. The minimum absolute atomic E-state index is 0.0460. The lowest BCUT2D eigenvalue weighted by Crippen LogP contribution is -2.71. The summed E-state index contributed by atoms with van der Waals surface area (Å²) in [7, 11) is 0. The van der Waals surface area contributed by atoms with Crippen LogP contribution < -0.4 is 11.1 Å². The Labute approximate surface area is 201 Å². The summed E-state index contributed by atoms with van der Waals surface area (Å²) in [6.45, 7) is 1.76. The van der Waals surface area contributed by atoms with Crippen LogP contribution in [0.25, 0.3) is 0 Å². The van der Waals surface area contributed by atoms with Gasteiger partial charge in [-0.25, -0.2) is 9.78 Å². The molecule has 32 heavy (non-hydrogen) atoms. The molecule has 2 aromatic heterocycles. The van der Waals surface area contributed by atoms with Crippen LogP contribution in [-0.2, 0) is 14.4 Å². The molecule has 1 unspecified atom stereocenters. The number of aromatic nitrogens is 3. The van der Waals surface area contributed by atoms with Gasteiger partial charge in [-0.15, -0.1) is 16.9 Å². The number of carbonyl (C=O) groups excluding carboxylic acids is 2. The molecule has 2 aliphatic rings. The van der Waals surface area contributed by atoms with E-state index in [1.807, 2.05) is 0 Å². The number of aliphatic carboxylic acids is 1. The van der Waals surface area contributed by atoms with Gasteiger partial charge in [-0.1, -0.05) is 44.3 Å². The summed E-state index contributed by atoms with van der Waals surface area (Å²) >= 11 is 10.5. The largest absolute Gasteiger partial charge is 0.477 e. The second-order valence-corrected chi connectivity index (χ2v) is 11.2. The molecule has 168 valence electrons. The number of halogens is 1. The summed E-state index contributed by atoms with van der Waals surface area (Å²) < 4.78 is 4.62. The van der Waals surface area contributed by atoms with E-state index in [0.717, 1.165) is 32.0 Å². The molecule has 0 aromatic carbocycles. The van der Waals surface area contributed by atoms with E-state index in [0.29, 0.717) is 16.4 Å². The number of amides is 2. The number of aryl methyl sites for hydroxylation is 1. The van der Waals surface area contributed by atoms with Crippen molar-refractivity contribution in [2.45, 2.75) is 22.5 Å². The molecule has 1 fully saturated rings. The van der Waals surface area contributed by atoms with Crippen molar-refractivity contribution >= 4 is 86.6 Å². The molecule has 2 aromatic rings. The molecule has 0 bridgehead atoms. The van der Waals surface area contributed by atoms with Crippen molar-refractivity contribution in [2.24, 2.45) is 5.16 Å². The van der Waals surface area contributed by atoms with Crippen molar-refractivity contribution in [3.05, 3.63) is 26.3 Å². The minimum atomic E-state index is -1.26. The average Bonchev–Trinajstić information content (AvgIpc) is 3.30. The van der Waals surface area contributed by atoms with E-state index in [1.54, 1.807) is 6.92 Å². The standard InChI is InChI=1S/C15H12ClN7O5S4/c1-3-14(32-22-20-3)30-4-2-29-12-7(11(25)23(12)8(4)13(26)27)18-10(24)6(21-28)5-9(16)31-15(17)19-5/h7,12,28H,2H2,1H3,(H2,17,19)(H,18,24)(H,26,27)/b21-6+/t7-,12?/m1/s1. The Hall–Kier alpha value is -2.40. The number of fused-ring (bicyclic) bond motifs is 1. The van der Waals surface area contributed by atoms with Gasteiger partial charge in [-0.05, 0) is 18.5 Å². The van der Waals surface area contributed by atoms with Gasteiger partial charge < -0.3 is 21.4 Å². The molecule has 4 heterocycles. The number of hydrogen-bond acceptors (Lipinski definition) is 13. The van der Waals surface area contributed by atoms with Crippen molar-refractivity contribution in [1.82, 2.24) is 24.8 Å². The summed E-state index contributed by atoms with van der Waals surface area (Å²) in [4.78, 5) is 42.8. The summed E-state index contributed by atoms with van der Waals surface area (Å²) in [6, 6.07) is -1.02. The van der Waals surface area contributed by atoms with Gasteiger partial charge in [-0.3, -0.25) is 14.5 Å². The van der Waals surface area contributed by atoms with Gasteiger partial charge in [0, 0.05) is 10.7 Å². The van der Waals surface area contributed by atoms with Crippen molar-refractivity contribution in [1.29, 1.82) is 0 Å². The number of nitrogens with zero attached hydrogens (tertiary/aromatic N) is 5. The third-order valence-corrected chi connectivity index (χ3v) is 9.10. The molecule has 4 rings (SSSR count). The molecular formula is C15H12ClN7O5S4. The molecule has 1 saturated heterocycles. The average molecular weight is 534 g/mol. The fraction of sp³-hybridized carbons (Fsp3) is 0.267. The number of nitrogens with one attached hydrogen (secondary N) is 1. The third-order valence-electron chi connectivity index (χ3n) is 4.39. The minimum Gasteiger partial charge on any atom is -0.477 e. The highest BCUT2D eigenvalue weighted by Crippen LogP contribution is 2.46. The SMILES string of the molecule is Cc1nnsc1SC1=C(C(=O)O)N2C(=O)[C@@H](NC(=O)/C(=N/O)c3nc(N)sc3Cl)C2SC1. The maximum atomic E-state index is 12.8. The van der Waals surface area contributed by atoms with E-state index in [-0.39, 0.29) is 20.9 Å². The van der Waals surface area contributed by atoms with E-state index in [4.69, 9.17) is 17.3 Å². The number of hydrogen-bond donors (Lipinski definition) is 4. The van der Waals surface area contributed by atoms with Crippen LogP contribution in [0.3, 0.4) is 0 Å². The van der Waals surface area contributed by atoms with Crippen LogP contribution >= 0.6 is 58.0 Å². The Bertz CT molecular complexity index is 1190. The number of nitrogens with two attached hydrogens (primary N) is 1. The van der Waals surface area contributed by atoms with Crippen LogP contribution in [0.4, 0.5) is 5.13 Å². The van der Waals surface area contributed by atoms with Crippen LogP contribution in [0, 0.1) is 6.92 Å². The molecule has 0 aliphatic carbocycles. The van der Waals surface area contributed by atoms with Gasteiger partial charge in [-0.2, -0.15) is 0 Å². The molecule has 5 N–H and O–H groups in total. The number of carboxylic acid groups (broad SMARTS) is 1. The molecule has 0 saturated carbocycles. The van der Waals surface area contributed by atoms with Crippen molar-refractivity contribution in [3.8, 4) is 0 Å². The topological polar surface area (TPSA) is 184 Å². The predicted molar refractivity (Wildman–Crippen MR) is 120 cm³/mol. The monoisotopic (exact) mass is 533 g/mol. The maximum Gasteiger partial charge on any atom is 0.353 e. The van der Waals surface area contributed by atoms with Crippen molar-refractivity contribution in [2.75, 3.05) is 11.5 Å². The zero-order valence-electron chi connectivity index (χ0n) is 15.8. The maximum absolute atomic E-state index is 12.8. The zero-order valence-corrected chi connectivity index (χ0v) is 19.8. The number of thioether (sulfide) groups is 2. The Morgan fingerprint density at radius 3 is 2.75 bits per heavy atom. The highest BCUT2D eigenvalue weighted by atomic mass is 35.5. The Morgan fingerprint density at radius 1 is 1.44 bits per heavy atom. The lowest BCUT2D eigenvalue weighted by atomic mass is 10.0. The van der Waals surface area contributed by atoms with Crippen LogP contribution in [0.1, 0.15) is 11.4 Å². The number of nitrogen functional groups attached to an aromatic ring is 1. The number of thiazole rings is 1. The highest BCUT2D eigenvalue weighted by Gasteiger charge is 2.54. The molecule has 2 aliphatic heterocycles. The quantitative estimate of drug-likeness (QED) is 0.181. The summed E-state index contributed by atoms with van der Waals surface area (Å²) in [5.74, 6) is -2.45. The van der Waals surface area contributed by atoms with Crippen LogP contribution in [-0.4, -0.2) is 70.4 Å². The van der Waals surface area contributed by atoms with Crippen LogP contribution in [0.2, 0.25) is 4.34 Å². The Balaban J connectivity index is 1.54. The van der Waals surface area contributed by atoms with Gasteiger partial charge >= 0.3 is 5.97 Å². The van der Waals surface area contributed by atoms with Gasteiger partial charge in [0.05, 0.1) is 5.69 Å². The van der Waals surface area contributed by atoms with Crippen molar-refractivity contribution in [3.63, 3.8) is 0 Å². The molecule has 2 atom stereocenters. The van der Waals surface area contributed by atoms with Gasteiger partial charge in [0.1, 0.15) is 31.4 Å². The van der Waals surface area contributed by atoms with Crippen LogP contribution in [0.5, 0.6) is 0 Å². The van der Waals surface area contributed by atoms with Gasteiger partial charge in [0.15, 0.2) is 10.8 Å². The smallest absolute Gasteiger partial charge is 0.353 e. The van der Waals surface area contributed by atoms with E-state index < -0.39 is 34.9 Å². The fourth-order valence-corrected chi connectivity index (χ4v) is 7.19. The normalized spacial score (nSPS) is 20.8. The van der Waals surface area contributed by atoms with E-state index in [1.165, 1.54) is 23.5 Å². The molecule has 12 nitrogen and oxygen atoms in total. The Kier molecular flexibility index (Phi) is 6.30. The number of rotatable bonds is 6. The highest BCUT2D eigenvalue weighted by molar-refractivity contribution is 8.07. The first-order valence-corrected chi connectivity index (χ1v) is 12.4. The summed E-state index contributed by atoms with van der Waals surface area (Å²) in [6.07, 6.45) is 0. The fourth-order valence-electron chi connectivity index (χ4n) is 2.97. The third kappa shape index (κ3) is 3.92. The number of carboxylic acids is 1. The first-order valence-electron chi connectivity index (χ1n) is 8.56. The second kappa shape index (κ2) is 8.86. The number of oxime groups is 1. The van der Waals surface area contributed by atoms with Gasteiger partial charge in [0.25, 0.3) is 11.8 Å². The lowest BCUT2D eigenvalue weighted by Gasteiger charge is -2.49. The summed E-state index contributed by atoms with van der Waals surface area (Å²) in [5, 5.41) is 27.8. The van der Waals surface area contributed by atoms with Crippen molar-refractivity contribution < 1.29 is 24.7 Å². The van der Waals surface area contributed by atoms with E-state index in [2.05, 4.69) is 25.0 Å². The Morgan fingerprint density at radius 2 is 2.19 bits per heavy atom. The first-order chi connectivity index (χ1) is 15.2. The first kappa shape index (κ1) is 22.8. The van der Waals surface area contributed by atoms with E-state index >= 15 is 0 Å². The number of carbonyl (C=O) groups is 3.